The molecule has 6 nitrogen and oxygen atoms in total. The summed E-state index contributed by atoms with van der Waals surface area (Å²) in [5, 5.41) is 19.2. The van der Waals surface area contributed by atoms with Crippen molar-refractivity contribution >= 4 is 11.9 Å². The van der Waals surface area contributed by atoms with E-state index in [0.29, 0.717) is 6.42 Å². The number of ether oxygens (including phenoxy) is 2. The van der Waals surface area contributed by atoms with E-state index in [2.05, 4.69) is 19.1 Å². The monoisotopic (exact) mass is 987 g/mol. The molecule has 1 rings (SSSR count). The molecule has 0 spiro atoms. The highest BCUT2D eigenvalue weighted by Gasteiger charge is 2.36. The van der Waals surface area contributed by atoms with Crippen molar-refractivity contribution in [1.29, 1.82) is 0 Å². The summed E-state index contributed by atoms with van der Waals surface area (Å²) >= 11 is 0. The number of rotatable bonds is 55. The summed E-state index contributed by atoms with van der Waals surface area (Å²) in [6.45, 7) is 1.20. The summed E-state index contributed by atoms with van der Waals surface area (Å²) in [6.07, 6.45) is 77.2. The van der Waals surface area contributed by atoms with Crippen molar-refractivity contribution in [1.82, 2.24) is 0 Å². The maximum Gasteiger partial charge on any atom is 0.309 e. The van der Waals surface area contributed by atoms with Gasteiger partial charge in [-0.1, -0.05) is 321 Å². The molecule has 1 heterocycles. The molecule has 0 aliphatic carbocycles. The van der Waals surface area contributed by atoms with Crippen LogP contribution in [0.3, 0.4) is 0 Å². The third-order valence-corrected chi connectivity index (χ3v) is 15.8. The lowest BCUT2D eigenvalue weighted by Crippen LogP contribution is -2.40. The van der Waals surface area contributed by atoms with Gasteiger partial charge < -0.3 is 19.7 Å². The minimum Gasteiger partial charge on any atom is -0.465 e. The average molecular weight is 988 g/mol. The molecule has 1 unspecified atom stereocenters. The molecule has 0 aromatic rings. The van der Waals surface area contributed by atoms with E-state index in [0.717, 1.165) is 19.3 Å². The van der Waals surface area contributed by atoms with Crippen molar-refractivity contribution in [2.75, 3.05) is 26.4 Å². The molecule has 1 atom stereocenters. The van der Waals surface area contributed by atoms with Gasteiger partial charge in [-0.3, -0.25) is 9.59 Å². The minimum atomic E-state index is -1.13. The number of cyclic esters (lactones) is 2. The average Bonchev–Trinajstić information content (AvgIpc) is 3.43. The lowest BCUT2D eigenvalue weighted by Gasteiger charge is -2.27. The Kier molecular flexibility index (Phi) is 51.3. The minimum absolute atomic E-state index is 0.00140. The van der Waals surface area contributed by atoms with Crippen molar-refractivity contribution in [3.05, 3.63) is 12.2 Å². The van der Waals surface area contributed by atoms with Crippen LogP contribution in [0.2, 0.25) is 0 Å². The van der Waals surface area contributed by atoms with Gasteiger partial charge in [0.2, 0.25) is 0 Å². The first-order valence-corrected chi connectivity index (χ1v) is 31.8. The Bertz CT molecular complexity index is 1100. The van der Waals surface area contributed by atoms with Crippen molar-refractivity contribution in [2.45, 2.75) is 347 Å². The number of aliphatic hydroxyl groups excluding tert-OH is 2. The maximum absolute atomic E-state index is 12.5. The molecule has 6 heteroatoms. The summed E-state index contributed by atoms with van der Waals surface area (Å²) in [4.78, 5) is 24.7. The van der Waals surface area contributed by atoms with E-state index >= 15 is 0 Å². The third kappa shape index (κ3) is 45.2. The number of hydrogen-bond donors (Lipinski definition) is 2. The van der Waals surface area contributed by atoms with Crippen molar-refractivity contribution in [3.63, 3.8) is 0 Å². The van der Waals surface area contributed by atoms with Crippen LogP contribution >= 0.6 is 0 Å². The molecule has 0 saturated carbocycles. The van der Waals surface area contributed by atoms with Gasteiger partial charge in [0.15, 0.2) is 0 Å². The molecule has 1 aliphatic rings. The molecule has 414 valence electrons. The van der Waals surface area contributed by atoms with E-state index in [1.54, 1.807) is 0 Å². The van der Waals surface area contributed by atoms with E-state index in [4.69, 9.17) is 9.47 Å². The molecule has 0 radical (unpaired) electrons. The fraction of sp³-hybridized carbons (Fsp3) is 0.938. The summed E-state index contributed by atoms with van der Waals surface area (Å²) in [5.41, 5.74) is -1.13. The fourth-order valence-electron chi connectivity index (χ4n) is 10.6. The number of carbonyl (C=O) groups is 2. The summed E-state index contributed by atoms with van der Waals surface area (Å²) in [6, 6.07) is 0. The highest BCUT2D eigenvalue weighted by Crippen LogP contribution is 2.25. The number of unbranched alkanes of at least 4 members (excludes halogenated alkanes) is 49. The number of aliphatic hydroxyl groups is 2. The number of carbonyl (C=O) groups excluding carboxylic acids is 2. The SMILES string of the molecule is CCCCCCCCCCCCCCCCCCCCCCCCCCCCCCCCCCCCCCCCC/C=C/CCCCCCCCCCCCC1CC(=O)OCC(CO)(CO)COC1=O. The number of allylic oxidation sites excluding steroid dienone is 2. The van der Waals surface area contributed by atoms with Crippen LogP contribution in [0.4, 0.5) is 0 Å². The predicted octanol–water partition coefficient (Wildman–Crippen LogP) is 19.9. The second-order valence-electron chi connectivity index (χ2n) is 22.8. The van der Waals surface area contributed by atoms with E-state index < -0.39 is 36.5 Å². The molecular weight excluding hydrogens is 865 g/mol. The Labute approximate surface area is 436 Å². The van der Waals surface area contributed by atoms with E-state index in [9.17, 15) is 19.8 Å². The Morgan fingerprint density at radius 1 is 0.371 bits per heavy atom. The number of esters is 2. The van der Waals surface area contributed by atoms with E-state index in [1.807, 2.05) is 0 Å². The summed E-state index contributed by atoms with van der Waals surface area (Å²) in [5.74, 6) is -1.41. The van der Waals surface area contributed by atoms with Crippen LogP contribution < -0.4 is 0 Å². The maximum atomic E-state index is 12.5. The standard InChI is InChI=1S/C64H122O6/c1-2-3-4-5-6-7-8-9-10-11-12-13-14-15-16-17-18-19-20-21-22-23-24-25-26-27-28-29-30-31-32-33-34-35-36-37-38-39-40-41-42-43-44-45-46-47-48-49-50-51-52-53-54-55-61-56-62(67)69-59-64(57-65,58-66)60-70-63(61)68/h42-43,61,65-66H,2-41,44-60H2,1H3/b43-42+. The molecular formula is C64H122O6. The van der Waals surface area contributed by atoms with Crippen molar-refractivity contribution < 1.29 is 29.3 Å². The fourth-order valence-corrected chi connectivity index (χ4v) is 10.6. The zero-order valence-corrected chi connectivity index (χ0v) is 47.1. The second-order valence-corrected chi connectivity index (χ2v) is 22.8. The van der Waals surface area contributed by atoms with Gasteiger partial charge in [0.1, 0.15) is 13.2 Å². The highest BCUT2D eigenvalue weighted by atomic mass is 16.6. The lowest BCUT2D eigenvalue weighted by molar-refractivity contribution is -0.155. The van der Waals surface area contributed by atoms with Gasteiger partial charge in [-0.2, -0.15) is 0 Å². The van der Waals surface area contributed by atoms with E-state index in [-0.39, 0.29) is 19.6 Å². The van der Waals surface area contributed by atoms with Crippen LogP contribution in [-0.4, -0.2) is 48.6 Å². The molecule has 0 aromatic carbocycles. The molecule has 1 aliphatic heterocycles. The van der Waals surface area contributed by atoms with Gasteiger partial charge in [-0.25, -0.2) is 0 Å². The van der Waals surface area contributed by atoms with Gasteiger partial charge in [0, 0.05) is 0 Å². The van der Waals surface area contributed by atoms with Gasteiger partial charge in [0.05, 0.1) is 31.0 Å². The molecule has 0 bridgehead atoms. The zero-order valence-electron chi connectivity index (χ0n) is 47.1. The Morgan fingerprint density at radius 3 is 0.886 bits per heavy atom. The molecule has 70 heavy (non-hydrogen) atoms. The van der Waals surface area contributed by atoms with Crippen LogP contribution in [-0.2, 0) is 19.1 Å². The van der Waals surface area contributed by atoms with E-state index in [1.165, 1.54) is 308 Å². The first-order chi connectivity index (χ1) is 34.6. The Balaban J connectivity index is 1.69. The Morgan fingerprint density at radius 2 is 0.614 bits per heavy atom. The molecule has 0 amide bonds. The van der Waals surface area contributed by atoms with Crippen LogP contribution in [0.15, 0.2) is 12.2 Å². The van der Waals surface area contributed by atoms with Crippen LogP contribution in [0, 0.1) is 11.3 Å². The first-order valence-electron chi connectivity index (χ1n) is 31.8. The highest BCUT2D eigenvalue weighted by molar-refractivity contribution is 5.80. The second kappa shape index (κ2) is 53.9. The molecule has 2 N–H and O–H groups in total. The Hall–Kier alpha value is -1.40. The normalized spacial score (nSPS) is 15.3. The quantitative estimate of drug-likeness (QED) is 0.0358. The van der Waals surface area contributed by atoms with Gasteiger partial charge in [-0.05, 0) is 32.1 Å². The lowest BCUT2D eigenvalue weighted by atomic mass is 9.92. The van der Waals surface area contributed by atoms with Gasteiger partial charge >= 0.3 is 11.9 Å². The largest absolute Gasteiger partial charge is 0.465 e. The first kappa shape index (κ1) is 66.6. The summed E-state index contributed by atoms with van der Waals surface area (Å²) in [7, 11) is 0. The summed E-state index contributed by atoms with van der Waals surface area (Å²) < 4.78 is 10.6. The van der Waals surface area contributed by atoms with Crippen LogP contribution in [0.25, 0.3) is 0 Å². The van der Waals surface area contributed by atoms with Gasteiger partial charge in [0.25, 0.3) is 0 Å². The van der Waals surface area contributed by atoms with Gasteiger partial charge in [-0.15, -0.1) is 0 Å². The third-order valence-electron chi connectivity index (χ3n) is 15.8. The molecule has 0 aromatic heterocycles. The van der Waals surface area contributed by atoms with Crippen molar-refractivity contribution in [2.24, 2.45) is 11.3 Å². The smallest absolute Gasteiger partial charge is 0.309 e. The van der Waals surface area contributed by atoms with Crippen LogP contribution in [0.1, 0.15) is 347 Å². The molecule has 1 fully saturated rings. The predicted molar refractivity (Wildman–Crippen MR) is 302 cm³/mol. The zero-order chi connectivity index (χ0) is 50.4. The number of hydrogen-bond acceptors (Lipinski definition) is 6. The molecule has 1 saturated heterocycles. The van der Waals surface area contributed by atoms with Crippen molar-refractivity contribution in [3.8, 4) is 0 Å². The topological polar surface area (TPSA) is 93.1 Å². The van der Waals surface area contributed by atoms with Crippen LogP contribution in [0.5, 0.6) is 0 Å².